The number of rotatable bonds is 8. The van der Waals surface area contributed by atoms with Crippen LogP contribution in [-0.2, 0) is 0 Å². The maximum atomic E-state index is 11.8. The van der Waals surface area contributed by atoms with Crippen LogP contribution in [0.2, 0.25) is 0 Å². The smallest absolute Gasteiger partial charge is 0.255 e. The van der Waals surface area contributed by atoms with Crippen LogP contribution in [0, 0.1) is 0 Å². The van der Waals surface area contributed by atoms with Crippen molar-refractivity contribution in [3.05, 3.63) is 230 Å². The number of hydrogen-bond donors (Lipinski definition) is 7. The van der Waals surface area contributed by atoms with E-state index in [0.717, 1.165) is 45.3 Å². The molecule has 9 nitrogen and oxygen atoms in total. The summed E-state index contributed by atoms with van der Waals surface area (Å²) in [6.45, 7) is 0. The molecule has 64 heavy (non-hydrogen) atoms. The molecule has 9 rings (SSSR count). The average Bonchev–Trinajstić information content (AvgIpc) is 3.33. The summed E-state index contributed by atoms with van der Waals surface area (Å²) in [7, 11) is -2.46. The standard InChI is InChI=1S/C24H22N2Si.C17H15N3.C13H13N3O/c25-19-11-15-23(16-12-19)27(21-7-3-1-4-8-21,22-9-5-2-6-10-22)24-17-13-20(26)14-18-24;18-14-8-4-12(5-9-14)16-2-1-3-17(20-16)13-6-10-15(19)11-7-13;14-10-3-1-9(2-4-10)13(17)16-12-7-5-11(15)6-8-12/h1-18H,25-26H2;1-11H,18-19H2;1-8H,14-15H2,(H,16,17). The molecular formula is C54H50N8OSi. The Morgan fingerprint density at radius 3 is 1.03 bits per heavy atom. The van der Waals surface area contributed by atoms with E-state index < -0.39 is 8.07 Å². The van der Waals surface area contributed by atoms with Crippen molar-refractivity contribution in [3.63, 3.8) is 0 Å². The van der Waals surface area contributed by atoms with Gasteiger partial charge in [0.15, 0.2) is 8.07 Å². The second-order valence-electron chi connectivity index (χ2n) is 15.1. The van der Waals surface area contributed by atoms with Gasteiger partial charge in [0.25, 0.3) is 5.91 Å². The average molecular weight is 855 g/mol. The summed E-state index contributed by atoms with van der Waals surface area (Å²) < 4.78 is 0. The van der Waals surface area contributed by atoms with Gasteiger partial charge in [0.05, 0.1) is 11.4 Å². The number of benzene rings is 8. The van der Waals surface area contributed by atoms with Gasteiger partial charge in [-0.3, -0.25) is 4.79 Å². The summed E-state index contributed by atoms with van der Waals surface area (Å²) in [6.07, 6.45) is 0. The van der Waals surface area contributed by atoms with E-state index in [2.05, 4.69) is 90.2 Å². The minimum absolute atomic E-state index is 0.172. The lowest BCUT2D eigenvalue weighted by atomic mass is 10.1. The zero-order valence-corrected chi connectivity index (χ0v) is 36.2. The number of nitrogens with two attached hydrogens (primary N) is 6. The second kappa shape index (κ2) is 20.3. The van der Waals surface area contributed by atoms with E-state index in [4.69, 9.17) is 39.4 Å². The van der Waals surface area contributed by atoms with Crippen molar-refractivity contribution in [2.45, 2.75) is 0 Å². The fourth-order valence-electron chi connectivity index (χ4n) is 7.31. The van der Waals surface area contributed by atoms with Crippen molar-refractivity contribution in [1.29, 1.82) is 0 Å². The summed E-state index contributed by atoms with van der Waals surface area (Å²) in [5, 5.41) is 8.06. The fourth-order valence-corrected chi connectivity index (χ4v) is 12.0. The van der Waals surface area contributed by atoms with E-state index in [-0.39, 0.29) is 5.91 Å². The number of carbonyl (C=O) groups is 1. The van der Waals surface area contributed by atoms with Crippen LogP contribution in [0.5, 0.6) is 0 Å². The lowest BCUT2D eigenvalue weighted by molar-refractivity contribution is 0.102. The van der Waals surface area contributed by atoms with Gasteiger partial charge < -0.3 is 39.7 Å². The van der Waals surface area contributed by atoms with E-state index in [1.54, 1.807) is 48.5 Å². The van der Waals surface area contributed by atoms with Crippen LogP contribution in [0.25, 0.3) is 22.5 Å². The van der Waals surface area contributed by atoms with Crippen LogP contribution in [0.15, 0.2) is 224 Å². The number of anilines is 7. The largest absolute Gasteiger partial charge is 0.399 e. The predicted octanol–water partition coefficient (Wildman–Crippen LogP) is 7.91. The zero-order chi connectivity index (χ0) is 44.9. The van der Waals surface area contributed by atoms with E-state index in [9.17, 15) is 4.79 Å². The number of hydrogen-bond acceptors (Lipinski definition) is 8. The molecule has 0 bridgehead atoms. The topological polar surface area (TPSA) is 198 Å². The summed E-state index contributed by atoms with van der Waals surface area (Å²) >= 11 is 0. The maximum Gasteiger partial charge on any atom is 0.255 e. The van der Waals surface area contributed by atoms with Crippen LogP contribution < -0.4 is 60.5 Å². The predicted molar refractivity (Wildman–Crippen MR) is 272 cm³/mol. The van der Waals surface area contributed by atoms with Crippen LogP contribution in [0.4, 0.5) is 39.8 Å². The highest BCUT2D eigenvalue weighted by Gasteiger charge is 2.41. The van der Waals surface area contributed by atoms with Gasteiger partial charge in [-0.15, -0.1) is 0 Å². The molecule has 8 aromatic carbocycles. The number of nitrogens with zero attached hydrogens (tertiary/aromatic N) is 1. The molecule has 1 aromatic heterocycles. The Bertz CT molecular complexity index is 2730. The Balaban J connectivity index is 0.000000148. The quantitative estimate of drug-likeness (QED) is 0.0455. The molecule has 316 valence electrons. The van der Waals surface area contributed by atoms with Gasteiger partial charge in [0, 0.05) is 56.5 Å². The molecule has 0 spiro atoms. The lowest BCUT2D eigenvalue weighted by Crippen LogP contribution is -2.74. The monoisotopic (exact) mass is 854 g/mol. The van der Waals surface area contributed by atoms with Gasteiger partial charge in [-0.25, -0.2) is 4.98 Å². The van der Waals surface area contributed by atoms with Crippen molar-refractivity contribution < 1.29 is 4.79 Å². The van der Waals surface area contributed by atoms with Gasteiger partial charge in [-0.05, 0) is 130 Å². The molecule has 0 atom stereocenters. The van der Waals surface area contributed by atoms with Crippen LogP contribution in [0.1, 0.15) is 10.4 Å². The number of carbonyl (C=O) groups excluding carboxylic acids is 1. The first kappa shape index (κ1) is 43.5. The lowest BCUT2D eigenvalue weighted by Gasteiger charge is -2.34. The molecule has 0 saturated carbocycles. The highest BCUT2D eigenvalue weighted by Crippen LogP contribution is 2.24. The summed E-state index contributed by atoms with van der Waals surface area (Å²) in [5.41, 5.74) is 44.1. The fraction of sp³-hybridized carbons (Fsp3) is 0. The van der Waals surface area contributed by atoms with Crippen molar-refractivity contribution in [2.75, 3.05) is 39.7 Å². The Hall–Kier alpha value is -8.60. The molecule has 0 aliphatic heterocycles. The van der Waals surface area contributed by atoms with Crippen LogP contribution >= 0.6 is 0 Å². The van der Waals surface area contributed by atoms with E-state index in [1.807, 2.05) is 91.0 Å². The molecule has 13 N–H and O–H groups in total. The normalized spacial score (nSPS) is 10.6. The van der Waals surface area contributed by atoms with Crippen molar-refractivity contribution >= 4 is 74.5 Å². The first-order valence-electron chi connectivity index (χ1n) is 20.6. The Morgan fingerprint density at radius 1 is 0.344 bits per heavy atom. The molecule has 0 unspecified atom stereocenters. The third-order valence-electron chi connectivity index (χ3n) is 10.6. The molecule has 0 aliphatic carbocycles. The number of amides is 1. The number of nitrogens with one attached hydrogen (secondary N) is 1. The minimum Gasteiger partial charge on any atom is -0.399 e. The van der Waals surface area contributed by atoms with Gasteiger partial charge >= 0.3 is 0 Å². The van der Waals surface area contributed by atoms with Crippen LogP contribution in [0.3, 0.4) is 0 Å². The van der Waals surface area contributed by atoms with E-state index in [1.165, 1.54) is 20.7 Å². The molecule has 1 amide bonds. The molecule has 0 radical (unpaired) electrons. The van der Waals surface area contributed by atoms with Crippen molar-refractivity contribution in [2.24, 2.45) is 0 Å². The highest BCUT2D eigenvalue weighted by atomic mass is 28.3. The van der Waals surface area contributed by atoms with E-state index in [0.29, 0.717) is 22.6 Å². The molecule has 10 heteroatoms. The van der Waals surface area contributed by atoms with Crippen molar-refractivity contribution in [1.82, 2.24) is 4.98 Å². The zero-order valence-electron chi connectivity index (χ0n) is 35.2. The Labute approximate surface area is 375 Å². The van der Waals surface area contributed by atoms with Gasteiger partial charge in [-0.1, -0.05) is 115 Å². The third-order valence-corrected chi connectivity index (χ3v) is 15.4. The molecule has 0 aliphatic rings. The molecular weight excluding hydrogens is 805 g/mol. The Kier molecular flexibility index (Phi) is 13.8. The van der Waals surface area contributed by atoms with Gasteiger partial charge in [-0.2, -0.15) is 0 Å². The summed E-state index contributed by atoms with van der Waals surface area (Å²) in [6, 6.07) is 73.5. The summed E-state index contributed by atoms with van der Waals surface area (Å²) in [4.78, 5) is 16.5. The first-order chi connectivity index (χ1) is 31.1. The third kappa shape index (κ3) is 10.6. The molecule has 0 saturated heterocycles. The summed E-state index contributed by atoms with van der Waals surface area (Å²) in [5.74, 6) is -0.172. The molecule has 0 fully saturated rings. The molecule has 1 heterocycles. The minimum atomic E-state index is -2.46. The highest BCUT2D eigenvalue weighted by molar-refractivity contribution is 7.19. The SMILES string of the molecule is Nc1ccc(-c2cccc(-c3ccc(N)cc3)n2)cc1.Nc1ccc(NC(=O)c2ccc(N)cc2)cc1.Nc1ccc([Si](c2ccccc2)(c2ccccc2)c2ccc(N)cc2)cc1. The number of nitrogen functional groups attached to an aromatic ring is 6. The maximum absolute atomic E-state index is 11.8. The first-order valence-corrected chi connectivity index (χ1v) is 22.6. The second-order valence-corrected chi connectivity index (χ2v) is 18.9. The number of aromatic nitrogens is 1. The van der Waals surface area contributed by atoms with Crippen LogP contribution in [-0.4, -0.2) is 19.0 Å². The van der Waals surface area contributed by atoms with Crippen molar-refractivity contribution in [3.8, 4) is 22.5 Å². The van der Waals surface area contributed by atoms with E-state index >= 15 is 0 Å². The Morgan fingerprint density at radius 2 is 0.656 bits per heavy atom. The number of pyridine rings is 1. The van der Waals surface area contributed by atoms with Gasteiger partial charge in [0.1, 0.15) is 0 Å². The van der Waals surface area contributed by atoms with Gasteiger partial charge in [0.2, 0.25) is 0 Å². The molecule has 9 aromatic rings.